The molecule has 0 spiro atoms. The highest BCUT2D eigenvalue weighted by atomic mass is 16.2. The molecule has 1 saturated heterocycles. The second-order valence-corrected chi connectivity index (χ2v) is 4.74. The molecule has 2 rings (SSSR count). The monoisotopic (exact) mass is 296 g/mol. The molecule has 1 atom stereocenters. The summed E-state index contributed by atoms with van der Waals surface area (Å²) in [7, 11) is 0. The summed E-state index contributed by atoms with van der Waals surface area (Å²) in [5.41, 5.74) is 1.20. The number of nitrogens with one attached hydrogen (secondary N) is 1. The highest BCUT2D eigenvalue weighted by Gasteiger charge is 2.41. The van der Waals surface area contributed by atoms with E-state index < -0.39 is 23.8 Å². The molecule has 1 aromatic carbocycles. The van der Waals surface area contributed by atoms with Crippen molar-refractivity contribution < 1.29 is 14.4 Å². The number of hydrogen-bond acceptors (Lipinski definition) is 3. The Kier molecular flexibility index (Phi) is 4.68. The van der Waals surface area contributed by atoms with Gasteiger partial charge >= 0.3 is 6.03 Å². The number of nitrogens with zero attached hydrogens (tertiary/aromatic N) is 1. The number of rotatable bonds is 5. The van der Waals surface area contributed by atoms with Crippen LogP contribution in [0.15, 0.2) is 67.3 Å². The van der Waals surface area contributed by atoms with Crippen LogP contribution in [-0.4, -0.2) is 29.3 Å². The van der Waals surface area contributed by atoms with Crippen molar-refractivity contribution in [1.82, 2.24) is 10.2 Å². The van der Waals surface area contributed by atoms with Gasteiger partial charge in [0.05, 0.1) is 6.54 Å². The molecule has 0 aliphatic carbocycles. The third-order valence-corrected chi connectivity index (χ3v) is 3.32. The van der Waals surface area contributed by atoms with E-state index in [1.54, 1.807) is 42.5 Å². The molecule has 0 bridgehead atoms. The molecule has 0 radical (unpaired) electrons. The van der Waals surface area contributed by atoms with E-state index in [0.29, 0.717) is 11.1 Å². The smallest absolute Gasteiger partial charge is 0.277 e. The zero-order valence-corrected chi connectivity index (χ0v) is 12.0. The number of carbonyl (C=O) groups excluding carboxylic acids is 3. The standard InChI is InChI=1S/C17H16N2O3/c1-3-8-12(4-2)11-19-16(21)14(15(20)18-17(19)22)13-9-6-5-7-10-13/h3-10,14H,1-2,11H2,(H,18,20,22)/b12-8+. The van der Waals surface area contributed by atoms with Crippen molar-refractivity contribution in [2.45, 2.75) is 5.92 Å². The van der Waals surface area contributed by atoms with Crippen molar-refractivity contribution in [3.8, 4) is 0 Å². The van der Waals surface area contributed by atoms with E-state index in [0.717, 1.165) is 4.90 Å². The first-order chi connectivity index (χ1) is 10.6. The van der Waals surface area contributed by atoms with Crippen molar-refractivity contribution in [2.75, 3.05) is 6.54 Å². The minimum absolute atomic E-state index is 0.0385. The lowest BCUT2D eigenvalue weighted by molar-refractivity contribution is -0.138. The molecule has 0 aromatic heterocycles. The van der Waals surface area contributed by atoms with Crippen molar-refractivity contribution in [3.05, 3.63) is 72.9 Å². The van der Waals surface area contributed by atoms with Crippen LogP contribution in [0, 0.1) is 0 Å². The SMILES string of the molecule is C=C/C=C(\C=C)CN1C(=O)NC(=O)C(c2ccccc2)C1=O. The first-order valence-corrected chi connectivity index (χ1v) is 6.73. The number of allylic oxidation sites excluding steroid dienone is 2. The van der Waals surface area contributed by atoms with Gasteiger partial charge in [-0.05, 0) is 11.1 Å². The van der Waals surface area contributed by atoms with Gasteiger partial charge < -0.3 is 0 Å². The van der Waals surface area contributed by atoms with Crippen LogP contribution < -0.4 is 5.32 Å². The Morgan fingerprint density at radius 3 is 2.45 bits per heavy atom. The van der Waals surface area contributed by atoms with E-state index in [1.807, 2.05) is 0 Å². The molecular formula is C17H16N2O3. The second-order valence-electron chi connectivity index (χ2n) is 4.74. The zero-order valence-electron chi connectivity index (χ0n) is 12.0. The Morgan fingerprint density at radius 1 is 1.18 bits per heavy atom. The molecule has 5 nitrogen and oxygen atoms in total. The number of imide groups is 2. The quantitative estimate of drug-likeness (QED) is 0.669. The highest BCUT2D eigenvalue weighted by molar-refractivity contribution is 6.19. The Bertz CT molecular complexity index is 662. The fraction of sp³-hybridized carbons (Fsp3) is 0.118. The number of benzene rings is 1. The van der Waals surface area contributed by atoms with Crippen LogP contribution in [-0.2, 0) is 9.59 Å². The third kappa shape index (κ3) is 3.03. The van der Waals surface area contributed by atoms with Gasteiger partial charge in [0, 0.05) is 0 Å². The maximum atomic E-state index is 12.6. The summed E-state index contributed by atoms with van der Waals surface area (Å²) < 4.78 is 0. The van der Waals surface area contributed by atoms with Crippen molar-refractivity contribution in [3.63, 3.8) is 0 Å². The number of urea groups is 1. The average Bonchev–Trinajstić information content (AvgIpc) is 2.51. The predicted molar refractivity (Wildman–Crippen MR) is 82.9 cm³/mol. The summed E-state index contributed by atoms with van der Waals surface area (Å²) in [4.78, 5) is 37.5. The maximum absolute atomic E-state index is 12.6. The summed E-state index contributed by atoms with van der Waals surface area (Å²) in [5.74, 6) is -2.17. The number of amides is 4. The number of hydrogen-bond donors (Lipinski definition) is 1. The summed E-state index contributed by atoms with van der Waals surface area (Å²) in [6, 6.07) is 7.92. The normalized spacial score (nSPS) is 18.9. The van der Waals surface area contributed by atoms with Crippen LogP contribution in [0.2, 0.25) is 0 Å². The summed E-state index contributed by atoms with van der Waals surface area (Å²) in [5, 5.41) is 2.22. The third-order valence-electron chi connectivity index (χ3n) is 3.32. The van der Waals surface area contributed by atoms with Gasteiger partial charge in [0.1, 0.15) is 5.92 Å². The summed E-state index contributed by atoms with van der Waals surface area (Å²) in [6.45, 7) is 7.25. The van der Waals surface area contributed by atoms with Gasteiger partial charge in [-0.3, -0.25) is 19.8 Å². The van der Waals surface area contributed by atoms with Gasteiger partial charge in [-0.1, -0.05) is 61.7 Å². The van der Waals surface area contributed by atoms with E-state index in [2.05, 4.69) is 18.5 Å². The fourth-order valence-electron chi connectivity index (χ4n) is 2.22. The lowest BCUT2D eigenvalue weighted by Gasteiger charge is -2.30. The maximum Gasteiger partial charge on any atom is 0.331 e. The van der Waals surface area contributed by atoms with Crippen LogP contribution >= 0.6 is 0 Å². The fourth-order valence-corrected chi connectivity index (χ4v) is 2.22. The largest absolute Gasteiger partial charge is 0.331 e. The summed E-state index contributed by atoms with van der Waals surface area (Å²) in [6.07, 6.45) is 4.74. The van der Waals surface area contributed by atoms with Crippen LogP contribution in [0.4, 0.5) is 4.79 Å². The Labute approximate surface area is 128 Å². The molecule has 1 aliphatic heterocycles. The van der Waals surface area contributed by atoms with E-state index in [1.165, 1.54) is 6.08 Å². The zero-order chi connectivity index (χ0) is 16.1. The van der Waals surface area contributed by atoms with Gasteiger partial charge in [0.15, 0.2) is 0 Å². The molecule has 1 heterocycles. The molecule has 22 heavy (non-hydrogen) atoms. The highest BCUT2D eigenvalue weighted by Crippen LogP contribution is 2.23. The van der Waals surface area contributed by atoms with E-state index in [9.17, 15) is 14.4 Å². The molecule has 4 amide bonds. The van der Waals surface area contributed by atoms with Gasteiger partial charge in [0.25, 0.3) is 0 Å². The van der Waals surface area contributed by atoms with Crippen molar-refractivity contribution in [2.24, 2.45) is 0 Å². The lowest BCUT2D eigenvalue weighted by Crippen LogP contribution is -2.57. The van der Waals surface area contributed by atoms with Gasteiger partial charge in [0.2, 0.25) is 11.8 Å². The predicted octanol–water partition coefficient (Wildman–Crippen LogP) is 2.15. The summed E-state index contributed by atoms with van der Waals surface area (Å²) >= 11 is 0. The van der Waals surface area contributed by atoms with Crippen LogP contribution in [0.5, 0.6) is 0 Å². The second kappa shape index (κ2) is 6.67. The average molecular weight is 296 g/mol. The molecule has 1 N–H and O–H groups in total. The van der Waals surface area contributed by atoms with E-state index in [-0.39, 0.29) is 6.54 Å². The molecule has 1 aliphatic rings. The van der Waals surface area contributed by atoms with Crippen molar-refractivity contribution in [1.29, 1.82) is 0 Å². The molecule has 1 aromatic rings. The van der Waals surface area contributed by atoms with Crippen LogP contribution in [0.3, 0.4) is 0 Å². The topological polar surface area (TPSA) is 66.5 Å². The molecular weight excluding hydrogens is 280 g/mol. The molecule has 0 saturated carbocycles. The van der Waals surface area contributed by atoms with Crippen molar-refractivity contribution >= 4 is 17.8 Å². The number of barbiturate groups is 1. The minimum Gasteiger partial charge on any atom is -0.277 e. The van der Waals surface area contributed by atoms with Gasteiger partial charge in [-0.15, -0.1) is 0 Å². The first kappa shape index (κ1) is 15.4. The Balaban J connectivity index is 2.32. The molecule has 1 fully saturated rings. The van der Waals surface area contributed by atoms with Crippen LogP contribution in [0.1, 0.15) is 11.5 Å². The van der Waals surface area contributed by atoms with E-state index >= 15 is 0 Å². The molecule has 5 heteroatoms. The van der Waals surface area contributed by atoms with Gasteiger partial charge in [-0.25, -0.2) is 4.79 Å². The van der Waals surface area contributed by atoms with Crippen LogP contribution in [0.25, 0.3) is 0 Å². The first-order valence-electron chi connectivity index (χ1n) is 6.73. The Morgan fingerprint density at radius 2 is 1.86 bits per heavy atom. The molecule has 112 valence electrons. The minimum atomic E-state index is -1.02. The van der Waals surface area contributed by atoms with E-state index in [4.69, 9.17) is 0 Å². The van der Waals surface area contributed by atoms with Gasteiger partial charge in [-0.2, -0.15) is 0 Å². The number of carbonyl (C=O) groups is 3. The molecule has 1 unspecified atom stereocenters. The lowest BCUT2D eigenvalue weighted by atomic mass is 9.95. The Hall–Kier alpha value is -2.95.